The molecule has 2 aromatic carbocycles. The van der Waals surface area contributed by atoms with E-state index >= 15 is 0 Å². The van der Waals surface area contributed by atoms with Crippen LogP contribution >= 0.6 is 7.82 Å². The minimum absolute atomic E-state index is 0.180. The molecule has 2 rings (SSSR count). The Bertz CT molecular complexity index is 703. The molecule has 0 saturated heterocycles. The zero-order chi connectivity index (χ0) is 16.9. The van der Waals surface area contributed by atoms with Crippen LogP contribution in [0.15, 0.2) is 30.3 Å². The van der Waals surface area contributed by atoms with Crippen LogP contribution in [0, 0.1) is 0 Å². The van der Waals surface area contributed by atoms with Crippen molar-refractivity contribution < 1.29 is 23.2 Å². The van der Waals surface area contributed by atoms with E-state index in [1.807, 2.05) is 25.1 Å². The van der Waals surface area contributed by atoms with E-state index in [0.29, 0.717) is 22.9 Å². The molecular weight excluding hydrogens is 315 g/mol. The predicted octanol–water partition coefficient (Wildman–Crippen LogP) is 5.06. The normalized spacial score (nSPS) is 11.8. The number of phenols is 1. The lowest BCUT2D eigenvalue weighted by molar-refractivity contribution is 0.167. The van der Waals surface area contributed by atoms with Gasteiger partial charge in [-0.2, -0.15) is 0 Å². The Labute approximate surface area is 136 Å². The fraction of sp³-hybridized carbons (Fsp3) is 0.412. The summed E-state index contributed by atoms with van der Waals surface area (Å²) in [5.41, 5.74) is 0.781. The molecule has 0 fully saturated rings. The number of hydrogen-bond donors (Lipinski definition) is 1. The quantitative estimate of drug-likeness (QED) is 0.682. The van der Waals surface area contributed by atoms with Crippen molar-refractivity contribution in [2.75, 3.05) is 13.2 Å². The number of fused-ring (bicyclic) bond motifs is 1. The third-order valence-electron chi connectivity index (χ3n) is 3.35. The second-order valence-electron chi connectivity index (χ2n) is 5.05. The first-order valence-electron chi connectivity index (χ1n) is 7.86. The van der Waals surface area contributed by atoms with Gasteiger partial charge in [-0.3, -0.25) is 9.05 Å². The fourth-order valence-corrected chi connectivity index (χ4v) is 3.72. The van der Waals surface area contributed by atoms with Gasteiger partial charge in [-0.15, -0.1) is 0 Å². The average Bonchev–Trinajstić information content (AvgIpc) is 2.52. The van der Waals surface area contributed by atoms with Crippen molar-refractivity contribution in [2.24, 2.45) is 0 Å². The van der Waals surface area contributed by atoms with Gasteiger partial charge in [-0.1, -0.05) is 37.6 Å². The van der Waals surface area contributed by atoms with Crippen LogP contribution in [-0.2, 0) is 20.0 Å². The monoisotopic (exact) mass is 338 g/mol. The van der Waals surface area contributed by atoms with Crippen LogP contribution < -0.4 is 4.52 Å². The SMILES string of the molecule is CCCc1cc(O)c2ccccc2c1OP(=O)(OCC)OCC. The fourth-order valence-electron chi connectivity index (χ4n) is 2.47. The number of aromatic hydroxyl groups is 1. The van der Waals surface area contributed by atoms with Crippen molar-refractivity contribution in [1.29, 1.82) is 0 Å². The Morgan fingerprint density at radius 1 is 1.04 bits per heavy atom. The molecule has 1 N–H and O–H groups in total. The maximum absolute atomic E-state index is 12.7. The van der Waals surface area contributed by atoms with Crippen LogP contribution in [0.3, 0.4) is 0 Å². The molecule has 0 aliphatic heterocycles. The van der Waals surface area contributed by atoms with Gasteiger partial charge in [0.1, 0.15) is 11.5 Å². The molecule has 0 heterocycles. The Kier molecular flexibility index (Phi) is 6.05. The highest BCUT2D eigenvalue weighted by Crippen LogP contribution is 2.52. The van der Waals surface area contributed by atoms with Crippen LogP contribution in [0.1, 0.15) is 32.8 Å². The summed E-state index contributed by atoms with van der Waals surface area (Å²) in [7, 11) is -3.69. The van der Waals surface area contributed by atoms with Crippen molar-refractivity contribution in [2.45, 2.75) is 33.6 Å². The van der Waals surface area contributed by atoms with E-state index in [1.165, 1.54) is 0 Å². The maximum atomic E-state index is 12.7. The van der Waals surface area contributed by atoms with Crippen molar-refractivity contribution in [3.05, 3.63) is 35.9 Å². The van der Waals surface area contributed by atoms with Gasteiger partial charge in [-0.05, 0) is 31.9 Å². The van der Waals surface area contributed by atoms with E-state index in [9.17, 15) is 9.67 Å². The zero-order valence-corrected chi connectivity index (χ0v) is 14.6. The molecule has 5 nitrogen and oxygen atoms in total. The smallest absolute Gasteiger partial charge is 0.507 e. The first kappa shape index (κ1) is 17.8. The number of phosphoric acid groups is 1. The Morgan fingerprint density at radius 3 is 2.22 bits per heavy atom. The lowest BCUT2D eigenvalue weighted by Gasteiger charge is -2.21. The largest absolute Gasteiger partial charge is 0.530 e. The summed E-state index contributed by atoms with van der Waals surface area (Å²) < 4.78 is 28.9. The first-order chi connectivity index (χ1) is 11.0. The summed E-state index contributed by atoms with van der Waals surface area (Å²) in [6, 6.07) is 8.95. The Morgan fingerprint density at radius 2 is 1.65 bits per heavy atom. The zero-order valence-electron chi connectivity index (χ0n) is 13.7. The molecule has 0 radical (unpaired) electrons. The molecule has 0 aliphatic rings. The van der Waals surface area contributed by atoms with Gasteiger partial charge >= 0.3 is 7.82 Å². The molecule has 0 aliphatic carbocycles. The average molecular weight is 338 g/mol. The van der Waals surface area contributed by atoms with E-state index in [0.717, 1.165) is 12.0 Å². The molecule has 0 spiro atoms. The summed E-state index contributed by atoms with van der Waals surface area (Å²) in [4.78, 5) is 0. The molecule has 126 valence electrons. The van der Waals surface area contributed by atoms with Gasteiger partial charge in [0.05, 0.1) is 13.2 Å². The predicted molar refractivity (Wildman–Crippen MR) is 91.1 cm³/mol. The van der Waals surface area contributed by atoms with Gasteiger partial charge in [0, 0.05) is 10.8 Å². The molecule has 0 unspecified atom stereocenters. The molecule has 6 heteroatoms. The lowest BCUT2D eigenvalue weighted by Crippen LogP contribution is -2.04. The summed E-state index contributed by atoms with van der Waals surface area (Å²) in [5.74, 6) is 0.629. The highest BCUT2D eigenvalue weighted by Gasteiger charge is 2.29. The van der Waals surface area contributed by atoms with Crippen molar-refractivity contribution in [1.82, 2.24) is 0 Å². The third-order valence-corrected chi connectivity index (χ3v) is 4.90. The molecule has 0 bridgehead atoms. The number of phenolic OH excluding ortho intramolecular Hbond substituents is 1. The van der Waals surface area contributed by atoms with Crippen molar-refractivity contribution >= 4 is 18.6 Å². The molecule has 2 aromatic rings. The van der Waals surface area contributed by atoms with Gasteiger partial charge in [0.25, 0.3) is 0 Å². The Balaban J connectivity index is 2.58. The summed E-state index contributed by atoms with van der Waals surface area (Å²) in [5, 5.41) is 11.6. The standard InChI is InChI=1S/C17H23O5P/c1-4-9-13-12-16(18)14-10-7-8-11-15(14)17(13)22-23(19,20-5-2)21-6-3/h7-8,10-12,18H,4-6,9H2,1-3H3. The molecule has 0 saturated carbocycles. The van der Waals surface area contributed by atoms with Crippen LogP contribution in [-0.4, -0.2) is 18.3 Å². The van der Waals surface area contributed by atoms with Crippen LogP contribution in [0.2, 0.25) is 0 Å². The number of benzene rings is 2. The van der Waals surface area contributed by atoms with Gasteiger partial charge < -0.3 is 9.63 Å². The number of phosphoric ester groups is 1. The summed E-state index contributed by atoms with van der Waals surface area (Å²) in [6.45, 7) is 5.93. The molecule has 0 amide bonds. The highest BCUT2D eigenvalue weighted by atomic mass is 31.2. The van der Waals surface area contributed by atoms with Gasteiger partial charge in [0.2, 0.25) is 0 Å². The second-order valence-corrected chi connectivity index (χ2v) is 6.65. The highest BCUT2D eigenvalue weighted by molar-refractivity contribution is 7.48. The summed E-state index contributed by atoms with van der Waals surface area (Å²) >= 11 is 0. The van der Waals surface area contributed by atoms with Crippen molar-refractivity contribution in [3.8, 4) is 11.5 Å². The van der Waals surface area contributed by atoms with Crippen molar-refractivity contribution in [3.63, 3.8) is 0 Å². The third kappa shape index (κ3) is 4.05. The topological polar surface area (TPSA) is 65.0 Å². The summed E-state index contributed by atoms with van der Waals surface area (Å²) in [6.07, 6.45) is 1.55. The lowest BCUT2D eigenvalue weighted by atomic mass is 10.0. The van der Waals surface area contributed by atoms with E-state index < -0.39 is 7.82 Å². The van der Waals surface area contributed by atoms with E-state index in [-0.39, 0.29) is 19.0 Å². The second kappa shape index (κ2) is 7.82. The van der Waals surface area contributed by atoms with Crippen LogP contribution in [0.4, 0.5) is 0 Å². The number of hydrogen-bond acceptors (Lipinski definition) is 5. The van der Waals surface area contributed by atoms with Crippen LogP contribution in [0.25, 0.3) is 10.8 Å². The molecular formula is C17H23O5P. The minimum atomic E-state index is -3.69. The maximum Gasteiger partial charge on any atom is 0.530 e. The molecule has 23 heavy (non-hydrogen) atoms. The number of rotatable bonds is 8. The molecule has 0 atom stereocenters. The number of aryl methyl sites for hydroxylation is 1. The van der Waals surface area contributed by atoms with E-state index in [2.05, 4.69) is 0 Å². The molecule has 0 aromatic heterocycles. The van der Waals surface area contributed by atoms with Gasteiger partial charge in [0.15, 0.2) is 0 Å². The minimum Gasteiger partial charge on any atom is -0.507 e. The Hall–Kier alpha value is -1.55. The first-order valence-corrected chi connectivity index (χ1v) is 9.33. The van der Waals surface area contributed by atoms with Gasteiger partial charge in [-0.25, -0.2) is 4.57 Å². The van der Waals surface area contributed by atoms with Crippen LogP contribution in [0.5, 0.6) is 11.5 Å². The van der Waals surface area contributed by atoms with E-state index in [4.69, 9.17) is 13.6 Å². The van der Waals surface area contributed by atoms with E-state index in [1.54, 1.807) is 26.0 Å².